The maximum atomic E-state index is 5.66. The Kier molecular flexibility index (Phi) is 2.67. The van der Waals surface area contributed by atoms with Gasteiger partial charge in [-0.25, -0.2) is 0 Å². The normalized spacial score (nSPS) is 9.67. The molecule has 0 radical (unpaired) electrons. The number of thiol groups is 1. The molecule has 0 amide bonds. The van der Waals surface area contributed by atoms with E-state index in [-0.39, 0.29) is 0 Å². The van der Waals surface area contributed by atoms with Gasteiger partial charge in [-0.15, -0.1) is 12.6 Å². The Morgan fingerprint density at radius 3 is 2.56 bits per heavy atom. The molecule has 0 aliphatic rings. The number of hydrogen-bond acceptors (Lipinski definition) is 1. The van der Waals surface area contributed by atoms with Gasteiger partial charge in [0.05, 0.1) is 0 Å². The first-order valence-electron chi connectivity index (χ1n) is 2.34. The molecule has 0 saturated carbocycles. The number of hydrogen-bond donors (Lipinski definition) is 1. The maximum Gasteiger partial charge on any atom is 0.0417 e. The molecule has 1 rings (SSSR count). The molecular formula is C6H4ClIS. The Morgan fingerprint density at radius 1 is 1.44 bits per heavy atom. The Balaban J connectivity index is 3.17. The summed E-state index contributed by atoms with van der Waals surface area (Å²) in [5.41, 5.74) is 0. The largest absolute Gasteiger partial charge is 0.142 e. The lowest BCUT2D eigenvalue weighted by molar-refractivity contribution is 1.42. The molecule has 48 valence electrons. The van der Waals surface area contributed by atoms with Gasteiger partial charge in [0.25, 0.3) is 0 Å². The third-order valence-corrected chi connectivity index (χ3v) is 2.88. The van der Waals surface area contributed by atoms with Crippen molar-refractivity contribution in [2.45, 2.75) is 4.90 Å². The monoisotopic (exact) mass is 270 g/mol. The smallest absolute Gasteiger partial charge is 0.0417 e. The molecule has 0 heterocycles. The van der Waals surface area contributed by atoms with E-state index >= 15 is 0 Å². The second-order valence-electron chi connectivity index (χ2n) is 1.60. The molecule has 0 atom stereocenters. The standard InChI is InChI=1S/C6H4ClIS/c7-4-1-2-5(8)6(9)3-4/h1-3,9H. The van der Waals surface area contributed by atoms with Crippen LogP contribution in [0.4, 0.5) is 0 Å². The molecule has 0 N–H and O–H groups in total. The van der Waals surface area contributed by atoms with Crippen molar-refractivity contribution in [1.82, 2.24) is 0 Å². The molecule has 9 heavy (non-hydrogen) atoms. The van der Waals surface area contributed by atoms with Gasteiger partial charge in [0.15, 0.2) is 0 Å². The van der Waals surface area contributed by atoms with Crippen LogP contribution in [0.15, 0.2) is 23.1 Å². The fourth-order valence-electron chi connectivity index (χ4n) is 0.486. The molecular weight excluding hydrogens is 266 g/mol. The minimum atomic E-state index is 0.736. The molecule has 0 unspecified atom stereocenters. The van der Waals surface area contributed by atoms with E-state index in [1.54, 1.807) is 0 Å². The van der Waals surface area contributed by atoms with E-state index in [2.05, 4.69) is 35.2 Å². The Hall–Kier alpha value is 0.590. The summed E-state index contributed by atoms with van der Waals surface area (Å²) in [4.78, 5) is 0.933. The molecule has 1 aromatic carbocycles. The Morgan fingerprint density at radius 2 is 2.11 bits per heavy atom. The van der Waals surface area contributed by atoms with Crippen LogP contribution in [0, 0.1) is 3.57 Å². The van der Waals surface area contributed by atoms with Crippen LogP contribution in [0.5, 0.6) is 0 Å². The van der Waals surface area contributed by atoms with E-state index in [1.807, 2.05) is 18.2 Å². The predicted octanol–water partition coefficient (Wildman–Crippen LogP) is 3.23. The van der Waals surface area contributed by atoms with Crippen molar-refractivity contribution < 1.29 is 0 Å². The minimum Gasteiger partial charge on any atom is -0.142 e. The van der Waals surface area contributed by atoms with Crippen LogP contribution in [0.3, 0.4) is 0 Å². The van der Waals surface area contributed by atoms with E-state index in [0.29, 0.717) is 0 Å². The van der Waals surface area contributed by atoms with E-state index < -0.39 is 0 Å². The fraction of sp³-hybridized carbons (Fsp3) is 0. The first-order chi connectivity index (χ1) is 4.20. The van der Waals surface area contributed by atoms with Crippen molar-refractivity contribution in [2.24, 2.45) is 0 Å². The summed E-state index contributed by atoms with van der Waals surface area (Å²) in [5, 5.41) is 0.736. The second-order valence-corrected chi connectivity index (χ2v) is 3.68. The van der Waals surface area contributed by atoms with Crippen LogP contribution in [0.1, 0.15) is 0 Å². The van der Waals surface area contributed by atoms with Gasteiger partial charge in [-0.05, 0) is 40.8 Å². The number of halogens is 2. The van der Waals surface area contributed by atoms with Gasteiger partial charge in [-0.2, -0.15) is 0 Å². The third kappa shape index (κ3) is 2.02. The average Bonchev–Trinajstić information content (AvgIpc) is 1.80. The van der Waals surface area contributed by atoms with Gasteiger partial charge < -0.3 is 0 Å². The van der Waals surface area contributed by atoms with Gasteiger partial charge in [-0.3, -0.25) is 0 Å². The Labute approximate surface area is 78.2 Å². The van der Waals surface area contributed by atoms with Gasteiger partial charge in [0, 0.05) is 13.5 Å². The lowest BCUT2D eigenvalue weighted by atomic mass is 10.4. The molecule has 0 aromatic heterocycles. The fourth-order valence-corrected chi connectivity index (χ4v) is 1.28. The first kappa shape index (κ1) is 7.69. The highest BCUT2D eigenvalue weighted by atomic mass is 127. The average molecular weight is 271 g/mol. The highest BCUT2D eigenvalue weighted by Gasteiger charge is 1.93. The molecule has 1 aromatic rings. The van der Waals surface area contributed by atoms with Gasteiger partial charge in [-0.1, -0.05) is 11.6 Å². The highest BCUT2D eigenvalue weighted by molar-refractivity contribution is 14.1. The van der Waals surface area contributed by atoms with Crippen LogP contribution < -0.4 is 0 Å². The van der Waals surface area contributed by atoms with Crippen molar-refractivity contribution in [3.63, 3.8) is 0 Å². The lowest BCUT2D eigenvalue weighted by Crippen LogP contribution is -1.72. The first-order valence-corrected chi connectivity index (χ1v) is 4.24. The summed E-state index contributed by atoms with van der Waals surface area (Å²) in [5.74, 6) is 0. The van der Waals surface area contributed by atoms with Gasteiger partial charge in [0.2, 0.25) is 0 Å². The zero-order chi connectivity index (χ0) is 6.85. The summed E-state index contributed by atoms with van der Waals surface area (Å²) in [6.45, 7) is 0. The molecule has 0 saturated heterocycles. The summed E-state index contributed by atoms with van der Waals surface area (Å²) in [6, 6.07) is 5.61. The zero-order valence-corrected chi connectivity index (χ0v) is 8.24. The van der Waals surface area contributed by atoms with E-state index in [9.17, 15) is 0 Å². The summed E-state index contributed by atoms with van der Waals surface area (Å²) in [7, 11) is 0. The lowest BCUT2D eigenvalue weighted by Gasteiger charge is -1.94. The molecule has 0 aliphatic heterocycles. The molecule has 0 spiro atoms. The van der Waals surface area contributed by atoms with Crippen LogP contribution in [0.2, 0.25) is 5.02 Å². The van der Waals surface area contributed by atoms with E-state index in [4.69, 9.17) is 11.6 Å². The molecule has 0 fully saturated rings. The van der Waals surface area contributed by atoms with Gasteiger partial charge in [0.1, 0.15) is 0 Å². The van der Waals surface area contributed by atoms with Gasteiger partial charge >= 0.3 is 0 Å². The van der Waals surface area contributed by atoms with E-state index in [1.165, 1.54) is 0 Å². The van der Waals surface area contributed by atoms with Crippen molar-refractivity contribution in [3.8, 4) is 0 Å². The summed E-state index contributed by atoms with van der Waals surface area (Å²) >= 11 is 12.0. The molecule has 0 bridgehead atoms. The third-order valence-electron chi connectivity index (χ3n) is 0.908. The van der Waals surface area contributed by atoms with Crippen molar-refractivity contribution >= 4 is 46.8 Å². The number of benzene rings is 1. The molecule has 0 aliphatic carbocycles. The van der Waals surface area contributed by atoms with Crippen LogP contribution in [-0.4, -0.2) is 0 Å². The number of rotatable bonds is 0. The summed E-state index contributed by atoms with van der Waals surface area (Å²) in [6.07, 6.45) is 0. The minimum absolute atomic E-state index is 0.736. The van der Waals surface area contributed by atoms with Crippen molar-refractivity contribution in [1.29, 1.82) is 0 Å². The Bertz CT molecular complexity index is 224. The second kappa shape index (κ2) is 3.12. The molecule has 0 nitrogen and oxygen atoms in total. The van der Waals surface area contributed by atoms with Crippen molar-refractivity contribution in [3.05, 3.63) is 26.8 Å². The van der Waals surface area contributed by atoms with Crippen LogP contribution in [0.25, 0.3) is 0 Å². The summed E-state index contributed by atoms with van der Waals surface area (Å²) < 4.78 is 1.13. The van der Waals surface area contributed by atoms with E-state index in [0.717, 1.165) is 13.5 Å². The maximum absolute atomic E-state index is 5.66. The van der Waals surface area contributed by atoms with Crippen LogP contribution in [-0.2, 0) is 0 Å². The SMILES string of the molecule is Sc1cc(Cl)ccc1I. The quantitative estimate of drug-likeness (QED) is 0.543. The van der Waals surface area contributed by atoms with Crippen molar-refractivity contribution in [2.75, 3.05) is 0 Å². The zero-order valence-electron chi connectivity index (χ0n) is 4.44. The molecule has 3 heteroatoms. The topological polar surface area (TPSA) is 0 Å². The predicted molar refractivity (Wildman–Crippen MR) is 51.4 cm³/mol. The van der Waals surface area contributed by atoms with Crippen LogP contribution >= 0.6 is 46.8 Å². The highest BCUT2D eigenvalue weighted by Crippen LogP contribution is 2.20.